The Bertz CT molecular complexity index is 1060. The van der Waals surface area contributed by atoms with Crippen LogP contribution >= 0.6 is 0 Å². The van der Waals surface area contributed by atoms with Crippen molar-refractivity contribution in [2.45, 2.75) is 19.9 Å². The second-order valence-electron chi connectivity index (χ2n) is 6.38. The first kappa shape index (κ1) is 16.2. The summed E-state index contributed by atoms with van der Waals surface area (Å²) in [7, 11) is 0. The Kier molecular flexibility index (Phi) is 4.08. The molecule has 4 aromatic rings. The van der Waals surface area contributed by atoms with Gasteiger partial charge in [-0.25, -0.2) is 14.4 Å². The van der Waals surface area contributed by atoms with E-state index in [9.17, 15) is 4.39 Å². The molecule has 1 N–H and O–H groups in total. The molecule has 0 fully saturated rings. The SMILES string of the molecule is CC(C)Nc1ccc(F)c(-c2cn3cc(-c4ccccn4)cnc3n2)c1. The molecule has 0 unspecified atom stereocenters. The Hall–Kier alpha value is -3.28. The number of halogens is 1. The first-order valence-corrected chi connectivity index (χ1v) is 8.43. The van der Waals surface area contributed by atoms with Gasteiger partial charge in [0.15, 0.2) is 0 Å². The Labute approximate surface area is 150 Å². The van der Waals surface area contributed by atoms with E-state index < -0.39 is 0 Å². The molecule has 26 heavy (non-hydrogen) atoms. The van der Waals surface area contributed by atoms with Crippen LogP contribution < -0.4 is 5.32 Å². The normalized spacial score (nSPS) is 11.2. The maximum absolute atomic E-state index is 14.4. The Morgan fingerprint density at radius 2 is 1.92 bits per heavy atom. The van der Waals surface area contributed by atoms with Crippen LogP contribution in [0.1, 0.15) is 13.8 Å². The minimum atomic E-state index is -0.312. The van der Waals surface area contributed by atoms with Crippen LogP contribution in [0.25, 0.3) is 28.3 Å². The maximum atomic E-state index is 14.4. The van der Waals surface area contributed by atoms with E-state index in [4.69, 9.17) is 0 Å². The molecule has 0 bridgehead atoms. The van der Waals surface area contributed by atoms with Gasteiger partial charge in [0.1, 0.15) is 5.82 Å². The third-order valence-corrected chi connectivity index (χ3v) is 3.97. The monoisotopic (exact) mass is 347 g/mol. The van der Waals surface area contributed by atoms with E-state index in [1.807, 2.05) is 38.2 Å². The number of imidazole rings is 1. The Balaban J connectivity index is 1.76. The number of nitrogens with zero attached hydrogens (tertiary/aromatic N) is 4. The van der Waals surface area contributed by atoms with Crippen LogP contribution in [0.2, 0.25) is 0 Å². The van der Waals surface area contributed by atoms with Crippen molar-refractivity contribution in [1.29, 1.82) is 0 Å². The summed E-state index contributed by atoms with van der Waals surface area (Å²) in [4.78, 5) is 13.2. The van der Waals surface area contributed by atoms with Gasteiger partial charge in [0.05, 0.1) is 11.4 Å². The van der Waals surface area contributed by atoms with Gasteiger partial charge in [-0.05, 0) is 44.2 Å². The van der Waals surface area contributed by atoms with E-state index in [0.29, 0.717) is 17.0 Å². The summed E-state index contributed by atoms with van der Waals surface area (Å²) in [6, 6.07) is 10.9. The van der Waals surface area contributed by atoms with E-state index in [1.165, 1.54) is 6.07 Å². The predicted molar refractivity (Wildman–Crippen MR) is 100 cm³/mol. The third-order valence-electron chi connectivity index (χ3n) is 3.97. The van der Waals surface area contributed by atoms with Gasteiger partial charge in [0, 0.05) is 47.6 Å². The van der Waals surface area contributed by atoms with Crippen LogP contribution in [0.15, 0.2) is 61.2 Å². The number of rotatable bonds is 4. The summed E-state index contributed by atoms with van der Waals surface area (Å²) < 4.78 is 16.2. The molecule has 130 valence electrons. The summed E-state index contributed by atoms with van der Waals surface area (Å²) in [5.41, 5.74) is 3.54. The number of pyridine rings is 1. The molecule has 0 aliphatic rings. The fourth-order valence-electron chi connectivity index (χ4n) is 2.83. The van der Waals surface area contributed by atoms with Crippen molar-refractivity contribution in [2.24, 2.45) is 0 Å². The van der Waals surface area contributed by atoms with Gasteiger partial charge in [0.2, 0.25) is 5.78 Å². The van der Waals surface area contributed by atoms with Gasteiger partial charge in [-0.15, -0.1) is 0 Å². The lowest BCUT2D eigenvalue weighted by Crippen LogP contribution is -2.09. The van der Waals surface area contributed by atoms with Crippen LogP contribution in [-0.4, -0.2) is 25.4 Å². The molecule has 1 aromatic carbocycles. The van der Waals surface area contributed by atoms with Crippen LogP contribution in [0.5, 0.6) is 0 Å². The van der Waals surface area contributed by atoms with E-state index in [1.54, 1.807) is 35.1 Å². The fourth-order valence-corrected chi connectivity index (χ4v) is 2.83. The molecule has 3 heterocycles. The van der Waals surface area contributed by atoms with Crippen molar-refractivity contribution < 1.29 is 4.39 Å². The minimum absolute atomic E-state index is 0.261. The second kappa shape index (κ2) is 6.55. The average Bonchev–Trinajstić information content (AvgIpc) is 3.06. The van der Waals surface area contributed by atoms with E-state index >= 15 is 0 Å². The number of anilines is 1. The van der Waals surface area contributed by atoms with Crippen LogP contribution in [0.4, 0.5) is 10.1 Å². The summed E-state index contributed by atoms with van der Waals surface area (Å²) >= 11 is 0. The molecule has 6 heteroatoms. The van der Waals surface area contributed by atoms with Gasteiger partial charge in [-0.2, -0.15) is 0 Å². The molecule has 0 saturated heterocycles. The molecule has 0 atom stereocenters. The molecule has 0 saturated carbocycles. The largest absolute Gasteiger partial charge is 0.383 e. The first-order valence-electron chi connectivity index (χ1n) is 8.43. The van der Waals surface area contributed by atoms with Gasteiger partial charge in [0.25, 0.3) is 0 Å². The van der Waals surface area contributed by atoms with Gasteiger partial charge < -0.3 is 5.32 Å². The van der Waals surface area contributed by atoms with E-state index in [-0.39, 0.29) is 11.9 Å². The molecule has 0 amide bonds. The highest BCUT2D eigenvalue weighted by Crippen LogP contribution is 2.26. The zero-order valence-electron chi connectivity index (χ0n) is 14.5. The quantitative estimate of drug-likeness (QED) is 0.594. The summed E-state index contributed by atoms with van der Waals surface area (Å²) in [5.74, 6) is 0.203. The van der Waals surface area contributed by atoms with Crippen molar-refractivity contribution in [3.63, 3.8) is 0 Å². The van der Waals surface area contributed by atoms with Crippen LogP contribution in [-0.2, 0) is 0 Å². The Morgan fingerprint density at radius 3 is 2.69 bits per heavy atom. The second-order valence-corrected chi connectivity index (χ2v) is 6.38. The lowest BCUT2D eigenvalue weighted by Gasteiger charge is -2.11. The smallest absolute Gasteiger partial charge is 0.234 e. The molecule has 5 nitrogen and oxygen atoms in total. The standard InChI is InChI=1S/C20H18FN5/c1-13(2)24-15-6-7-17(21)16(9-15)19-12-26-11-14(10-23-20(26)25-19)18-5-3-4-8-22-18/h3-13,24H,1-2H3. The fraction of sp³-hybridized carbons (Fsp3) is 0.150. The highest BCUT2D eigenvalue weighted by atomic mass is 19.1. The maximum Gasteiger partial charge on any atom is 0.234 e. The number of hydrogen-bond donors (Lipinski definition) is 1. The molecule has 0 radical (unpaired) electrons. The Morgan fingerprint density at radius 1 is 1.04 bits per heavy atom. The lowest BCUT2D eigenvalue weighted by molar-refractivity contribution is 0.631. The van der Waals surface area contributed by atoms with E-state index in [0.717, 1.165) is 16.9 Å². The molecule has 4 rings (SSSR count). The highest BCUT2D eigenvalue weighted by molar-refractivity contribution is 5.68. The van der Waals surface area contributed by atoms with Gasteiger partial charge in [-0.1, -0.05) is 6.07 Å². The minimum Gasteiger partial charge on any atom is -0.383 e. The molecular weight excluding hydrogens is 329 g/mol. The number of hydrogen-bond acceptors (Lipinski definition) is 4. The number of nitrogens with one attached hydrogen (secondary N) is 1. The summed E-state index contributed by atoms with van der Waals surface area (Å²) in [6.07, 6.45) is 7.14. The van der Waals surface area contributed by atoms with Gasteiger partial charge >= 0.3 is 0 Å². The molecule has 0 spiro atoms. The zero-order chi connectivity index (χ0) is 18.1. The topological polar surface area (TPSA) is 55.1 Å². The molecule has 3 aromatic heterocycles. The lowest BCUT2D eigenvalue weighted by atomic mass is 10.1. The predicted octanol–water partition coefficient (Wildman–Crippen LogP) is 4.42. The molecule has 0 aliphatic carbocycles. The average molecular weight is 347 g/mol. The number of fused-ring (bicyclic) bond motifs is 1. The first-order chi connectivity index (χ1) is 12.6. The van der Waals surface area contributed by atoms with Crippen molar-refractivity contribution in [2.75, 3.05) is 5.32 Å². The van der Waals surface area contributed by atoms with Gasteiger partial charge in [-0.3, -0.25) is 9.38 Å². The van der Waals surface area contributed by atoms with Crippen molar-refractivity contribution in [3.05, 3.63) is 67.0 Å². The molecular formula is C20H18FN5. The zero-order valence-corrected chi connectivity index (χ0v) is 14.5. The highest BCUT2D eigenvalue weighted by Gasteiger charge is 2.12. The van der Waals surface area contributed by atoms with Crippen LogP contribution in [0, 0.1) is 5.82 Å². The number of aromatic nitrogens is 4. The van der Waals surface area contributed by atoms with Crippen molar-refractivity contribution in [3.8, 4) is 22.5 Å². The van der Waals surface area contributed by atoms with Crippen LogP contribution in [0.3, 0.4) is 0 Å². The third kappa shape index (κ3) is 3.13. The van der Waals surface area contributed by atoms with Crippen molar-refractivity contribution >= 4 is 11.5 Å². The number of benzene rings is 1. The summed E-state index contributed by atoms with van der Waals surface area (Å²) in [5, 5.41) is 3.28. The van der Waals surface area contributed by atoms with Crippen molar-refractivity contribution in [1.82, 2.24) is 19.4 Å². The molecule has 0 aliphatic heterocycles. The van der Waals surface area contributed by atoms with E-state index in [2.05, 4.69) is 20.3 Å². The summed E-state index contributed by atoms with van der Waals surface area (Å²) in [6.45, 7) is 4.08.